The SMILES string of the molecule is CC[C@H](C)C(=O)O[C@H]1C[C@H](O)C=C2C=C[C@H](C)[C@H](CC[C@@H](O)C[C@@H](O)CC(=O)[O-])[C@H]21. The summed E-state index contributed by atoms with van der Waals surface area (Å²) in [5.74, 6) is -1.60. The molecule has 2 aliphatic rings. The van der Waals surface area contributed by atoms with E-state index in [4.69, 9.17) is 4.74 Å². The molecule has 0 spiro atoms. The lowest BCUT2D eigenvalue weighted by atomic mass is 9.66. The molecule has 7 nitrogen and oxygen atoms in total. The highest BCUT2D eigenvalue weighted by molar-refractivity contribution is 5.72. The number of carbonyl (C=O) groups excluding carboxylic acids is 2. The maximum atomic E-state index is 12.4. The molecule has 0 aromatic heterocycles. The van der Waals surface area contributed by atoms with Gasteiger partial charge in [-0.2, -0.15) is 0 Å². The summed E-state index contributed by atoms with van der Waals surface area (Å²) < 4.78 is 5.83. The van der Waals surface area contributed by atoms with Crippen LogP contribution in [0.2, 0.25) is 0 Å². The topological polar surface area (TPSA) is 127 Å². The number of aliphatic hydroxyl groups is 3. The first-order valence-corrected chi connectivity index (χ1v) is 11.0. The lowest BCUT2D eigenvalue weighted by molar-refractivity contribution is -0.307. The molecular weight excluding hydrogens is 388 g/mol. The molecular formula is C23H35O7-. The molecule has 3 N–H and O–H groups in total. The van der Waals surface area contributed by atoms with Crippen LogP contribution < -0.4 is 5.11 Å². The number of ether oxygens (including phenoxy) is 1. The van der Waals surface area contributed by atoms with Crippen molar-refractivity contribution in [1.29, 1.82) is 0 Å². The third kappa shape index (κ3) is 6.65. The van der Waals surface area contributed by atoms with Crippen molar-refractivity contribution >= 4 is 11.9 Å². The number of hydrogen-bond donors (Lipinski definition) is 3. The first kappa shape index (κ1) is 24.6. The van der Waals surface area contributed by atoms with E-state index in [-0.39, 0.29) is 36.1 Å². The van der Waals surface area contributed by atoms with Gasteiger partial charge in [-0.3, -0.25) is 4.79 Å². The van der Waals surface area contributed by atoms with Gasteiger partial charge in [-0.25, -0.2) is 0 Å². The summed E-state index contributed by atoms with van der Waals surface area (Å²) in [4.78, 5) is 23.0. The van der Waals surface area contributed by atoms with Gasteiger partial charge in [0.05, 0.1) is 24.2 Å². The van der Waals surface area contributed by atoms with E-state index in [1.165, 1.54) is 0 Å². The zero-order valence-electron chi connectivity index (χ0n) is 18.1. The van der Waals surface area contributed by atoms with Gasteiger partial charge < -0.3 is 30.0 Å². The number of carbonyl (C=O) groups is 2. The fraction of sp³-hybridized carbons (Fsp3) is 0.739. The summed E-state index contributed by atoms with van der Waals surface area (Å²) in [6.45, 7) is 5.83. The molecule has 0 unspecified atom stereocenters. The van der Waals surface area contributed by atoms with E-state index >= 15 is 0 Å². The second-order valence-electron chi connectivity index (χ2n) is 8.86. The molecule has 0 radical (unpaired) electrons. The fourth-order valence-electron chi connectivity index (χ4n) is 4.51. The number of esters is 1. The lowest BCUT2D eigenvalue weighted by Gasteiger charge is -2.43. The lowest BCUT2D eigenvalue weighted by Crippen LogP contribution is -2.43. The van der Waals surface area contributed by atoms with Crippen LogP contribution in [0.5, 0.6) is 0 Å². The number of carboxylic acids is 1. The molecule has 0 amide bonds. The summed E-state index contributed by atoms with van der Waals surface area (Å²) in [5, 5.41) is 40.8. The maximum Gasteiger partial charge on any atom is 0.308 e. The van der Waals surface area contributed by atoms with Gasteiger partial charge in [0.15, 0.2) is 0 Å². The van der Waals surface area contributed by atoms with Crippen molar-refractivity contribution in [1.82, 2.24) is 0 Å². The zero-order valence-corrected chi connectivity index (χ0v) is 18.1. The molecule has 2 aliphatic carbocycles. The highest BCUT2D eigenvalue weighted by Crippen LogP contribution is 2.44. The van der Waals surface area contributed by atoms with Gasteiger partial charge in [0.2, 0.25) is 0 Å². The van der Waals surface area contributed by atoms with Crippen molar-refractivity contribution in [3.63, 3.8) is 0 Å². The molecule has 8 atom stereocenters. The average molecular weight is 424 g/mol. The van der Waals surface area contributed by atoms with Gasteiger partial charge in [0, 0.05) is 24.7 Å². The quantitative estimate of drug-likeness (QED) is 0.449. The second-order valence-corrected chi connectivity index (χ2v) is 8.86. The molecule has 0 bridgehead atoms. The Morgan fingerprint density at radius 3 is 2.63 bits per heavy atom. The number of rotatable bonds is 10. The third-order valence-electron chi connectivity index (χ3n) is 6.43. The Labute approximate surface area is 178 Å². The van der Waals surface area contributed by atoms with Crippen LogP contribution in [-0.4, -0.2) is 51.7 Å². The largest absolute Gasteiger partial charge is 0.550 e. The van der Waals surface area contributed by atoms with Crippen LogP contribution in [0.4, 0.5) is 0 Å². The van der Waals surface area contributed by atoms with Crippen LogP contribution in [0.25, 0.3) is 0 Å². The fourth-order valence-corrected chi connectivity index (χ4v) is 4.51. The van der Waals surface area contributed by atoms with Gasteiger partial charge >= 0.3 is 5.97 Å². The predicted molar refractivity (Wildman–Crippen MR) is 109 cm³/mol. The Bertz CT molecular complexity index is 656. The van der Waals surface area contributed by atoms with Gasteiger partial charge in [0.1, 0.15) is 6.10 Å². The Kier molecular flexibility index (Phi) is 9.07. The Morgan fingerprint density at radius 2 is 2.00 bits per heavy atom. The van der Waals surface area contributed by atoms with Crippen LogP contribution in [0.1, 0.15) is 59.3 Å². The molecule has 0 fully saturated rings. The Hall–Kier alpha value is -1.70. The van der Waals surface area contributed by atoms with Crippen LogP contribution >= 0.6 is 0 Å². The summed E-state index contributed by atoms with van der Waals surface area (Å²) >= 11 is 0. The average Bonchev–Trinajstić information content (AvgIpc) is 2.65. The zero-order chi connectivity index (χ0) is 22.4. The first-order chi connectivity index (χ1) is 14.1. The van der Waals surface area contributed by atoms with E-state index in [1.54, 1.807) is 0 Å². The van der Waals surface area contributed by atoms with E-state index in [0.717, 1.165) is 5.57 Å². The minimum atomic E-state index is -1.35. The van der Waals surface area contributed by atoms with E-state index in [1.807, 2.05) is 26.0 Å². The number of allylic oxidation sites excluding steroid dienone is 2. The van der Waals surface area contributed by atoms with Crippen molar-refractivity contribution in [3.05, 3.63) is 23.8 Å². The second kappa shape index (κ2) is 11.1. The first-order valence-electron chi connectivity index (χ1n) is 11.0. The summed E-state index contributed by atoms with van der Waals surface area (Å²) in [6.07, 6.45) is 4.31. The van der Waals surface area contributed by atoms with Gasteiger partial charge in [-0.1, -0.05) is 39.0 Å². The van der Waals surface area contributed by atoms with Crippen LogP contribution in [0.15, 0.2) is 23.8 Å². The minimum absolute atomic E-state index is 0.0244. The summed E-state index contributed by atoms with van der Waals surface area (Å²) in [6, 6.07) is 0. The van der Waals surface area contributed by atoms with Crippen LogP contribution in [0.3, 0.4) is 0 Å². The summed E-state index contributed by atoms with van der Waals surface area (Å²) in [5.41, 5.74) is 0.949. The van der Waals surface area contributed by atoms with Gasteiger partial charge in [-0.05, 0) is 43.1 Å². The minimum Gasteiger partial charge on any atom is -0.550 e. The van der Waals surface area contributed by atoms with Crippen molar-refractivity contribution in [2.75, 3.05) is 0 Å². The van der Waals surface area contributed by atoms with E-state index in [9.17, 15) is 30.0 Å². The molecule has 0 aromatic rings. The normalized spacial score (nSPS) is 31.3. The van der Waals surface area contributed by atoms with Crippen molar-refractivity contribution in [2.45, 2.75) is 83.7 Å². The number of aliphatic carboxylic acids is 1. The molecule has 2 rings (SSSR count). The summed E-state index contributed by atoms with van der Waals surface area (Å²) in [7, 11) is 0. The molecule has 0 saturated heterocycles. The predicted octanol–water partition coefficient (Wildman–Crippen LogP) is 1.11. The van der Waals surface area contributed by atoms with Gasteiger partial charge in [0.25, 0.3) is 0 Å². The van der Waals surface area contributed by atoms with Crippen LogP contribution in [0, 0.1) is 23.7 Å². The smallest absolute Gasteiger partial charge is 0.308 e. The monoisotopic (exact) mass is 423 g/mol. The standard InChI is InChI=1S/C23H36O7/c1-4-13(2)23(29)30-20-11-17(25)9-15-6-5-14(3)19(22(15)20)8-7-16(24)10-18(26)12-21(27)28/h5-6,9,13-14,16-20,22,24-26H,4,7-8,10-12H2,1-3H3,(H,27,28)/p-1/t13-,14-,16+,17+,18+,19-,20-,22-/m0/s1. The molecule has 0 aromatic carbocycles. The van der Waals surface area contributed by atoms with E-state index in [0.29, 0.717) is 25.7 Å². The van der Waals surface area contributed by atoms with E-state index in [2.05, 4.69) is 13.0 Å². The van der Waals surface area contributed by atoms with Crippen LogP contribution in [-0.2, 0) is 14.3 Å². The van der Waals surface area contributed by atoms with E-state index < -0.39 is 36.8 Å². The van der Waals surface area contributed by atoms with Crippen molar-refractivity contribution in [2.24, 2.45) is 23.7 Å². The molecule has 0 saturated carbocycles. The number of hydrogen-bond acceptors (Lipinski definition) is 7. The Morgan fingerprint density at radius 1 is 1.30 bits per heavy atom. The molecule has 170 valence electrons. The highest BCUT2D eigenvalue weighted by Gasteiger charge is 2.42. The molecule has 30 heavy (non-hydrogen) atoms. The molecule has 0 aliphatic heterocycles. The molecule has 7 heteroatoms. The van der Waals surface area contributed by atoms with Crippen molar-refractivity contribution < 1.29 is 34.8 Å². The Balaban J connectivity index is 2.09. The van der Waals surface area contributed by atoms with Gasteiger partial charge in [-0.15, -0.1) is 0 Å². The third-order valence-corrected chi connectivity index (χ3v) is 6.43. The van der Waals surface area contributed by atoms with Crippen molar-refractivity contribution in [3.8, 4) is 0 Å². The number of carboxylic acid groups (broad SMARTS) is 1. The maximum absolute atomic E-state index is 12.4. The molecule has 0 heterocycles. The highest BCUT2D eigenvalue weighted by atomic mass is 16.5. The number of aliphatic hydroxyl groups excluding tert-OH is 3. The number of fused-ring (bicyclic) bond motifs is 1.